The van der Waals surface area contributed by atoms with Crippen LogP contribution in [-0.2, 0) is 0 Å². The minimum Gasteiger partial charge on any atom is -0.486 e. The fourth-order valence-electron chi connectivity index (χ4n) is 2.33. The Balaban J connectivity index is 2.19. The van der Waals surface area contributed by atoms with Crippen molar-refractivity contribution in [1.82, 2.24) is 0 Å². The maximum Gasteiger partial charge on any atom is 0.162 e. The van der Waals surface area contributed by atoms with Gasteiger partial charge in [-0.15, -0.1) is 0 Å². The average molecular weight is 286 g/mol. The lowest BCUT2D eigenvalue weighted by molar-refractivity contribution is 0.171. The Kier molecular flexibility index (Phi) is 4.91. The maximum absolute atomic E-state index is 9.23. The Morgan fingerprint density at radius 1 is 1.32 bits per heavy atom. The molecule has 1 aromatic carbocycles. The van der Waals surface area contributed by atoms with E-state index in [4.69, 9.17) is 26.8 Å². The second kappa shape index (κ2) is 6.46. The largest absolute Gasteiger partial charge is 0.486 e. The van der Waals surface area contributed by atoms with Crippen molar-refractivity contribution in [3.8, 4) is 11.5 Å². The summed E-state index contributed by atoms with van der Waals surface area (Å²) in [6, 6.07) is 3.74. The van der Waals surface area contributed by atoms with Crippen molar-refractivity contribution in [3.63, 3.8) is 0 Å². The van der Waals surface area contributed by atoms with Crippen LogP contribution in [0.1, 0.15) is 24.8 Å². The van der Waals surface area contributed by atoms with Gasteiger partial charge in [0.2, 0.25) is 0 Å². The molecule has 1 heterocycles. The van der Waals surface area contributed by atoms with E-state index >= 15 is 0 Å². The first kappa shape index (κ1) is 14.4. The summed E-state index contributed by atoms with van der Waals surface area (Å²) in [4.78, 5) is 0. The highest BCUT2D eigenvalue weighted by molar-refractivity contribution is 6.31. The van der Waals surface area contributed by atoms with Crippen LogP contribution in [0.5, 0.6) is 11.5 Å². The minimum absolute atomic E-state index is 0.0965. The number of benzene rings is 1. The molecule has 0 radical (unpaired) electrons. The lowest BCUT2D eigenvalue weighted by Crippen LogP contribution is -2.20. The molecule has 1 aliphatic heterocycles. The Hall–Kier alpha value is -0.970. The van der Waals surface area contributed by atoms with Crippen LogP contribution in [0.4, 0.5) is 0 Å². The molecule has 0 fully saturated rings. The number of aliphatic hydroxyl groups excluding tert-OH is 1. The van der Waals surface area contributed by atoms with Gasteiger partial charge in [0.25, 0.3) is 0 Å². The molecular weight excluding hydrogens is 266 g/mol. The summed E-state index contributed by atoms with van der Waals surface area (Å²) in [6.07, 6.45) is 0.798. The molecule has 2 rings (SSSR count). The van der Waals surface area contributed by atoms with Crippen LogP contribution < -0.4 is 15.2 Å². The van der Waals surface area contributed by atoms with Crippen LogP contribution in [-0.4, -0.2) is 31.5 Å². The van der Waals surface area contributed by atoms with Crippen LogP contribution in [0.3, 0.4) is 0 Å². The van der Waals surface area contributed by atoms with Gasteiger partial charge < -0.3 is 20.3 Å². The molecule has 2 unspecified atom stereocenters. The van der Waals surface area contributed by atoms with E-state index in [-0.39, 0.29) is 18.4 Å². The van der Waals surface area contributed by atoms with Gasteiger partial charge in [-0.05, 0) is 36.4 Å². The van der Waals surface area contributed by atoms with E-state index in [9.17, 15) is 5.11 Å². The first-order valence-corrected chi connectivity index (χ1v) is 6.93. The van der Waals surface area contributed by atoms with E-state index in [2.05, 4.69) is 6.92 Å². The number of aliphatic hydroxyl groups is 1. The third-order valence-electron chi connectivity index (χ3n) is 3.47. The van der Waals surface area contributed by atoms with Crippen molar-refractivity contribution in [2.24, 2.45) is 11.7 Å². The van der Waals surface area contributed by atoms with E-state index in [0.717, 1.165) is 17.7 Å². The number of fused-ring (bicyclic) bond motifs is 1. The van der Waals surface area contributed by atoms with Crippen molar-refractivity contribution in [1.29, 1.82) is 0 Å². The van der Waals surface area contributed by atoms with Crippen LogP contribution in [0, 0.1) is 5.92 Å². The van der Waals surface area contributed by atoms with E-state index < -0.39 is 0 Å². The average Bonchev–Trinajstić information content (AvgIpc) is 2.43. The number of rotatable bonds is 5. The third-order valence-corrected chi connectivity index (χ3v) is 3.80. The summed E-state index contributed by atoms with van der Waals surface area (Å²) in [5, 5.41) is 9.90. The van der Waals surface area contributed by atoms with Crippen molar-refractivity contribution in [2.45, 2.75) is 19.3 Å². The van der Waals surface area contributed by atoms with Gasteiger partial charge in [0, 0.05) is 17.7 Å². The molecular formula is C14H20ClNO3. The fraction of sp³-hybridized carbons (Fsp3) is 0.571. The summed E-state index contributed by atoms with van der Waals surface area (Å²) in [7, 11) is 0. The summed E-state index contributed by atoms with van der Waals surface area (Å²) >= 11 is 6.30. The number of ether oxygens (including phenoxy) is 2. The smallest absolute Gasteiger partial charge is 0.162 e. The second-order valence-corrected chi connectivity index (χ2v) is 5.35. The number of hydrogen-bond donors (Lipinski definition) is 2. The van der Waals surface area contributed by atoms with E-state index in [1.807, 2.05) is 6.07 Å². The summed E-state index contributed by atoms with van der Waals surface area (Å²) in [6.45, 7) is 3.77. The zero-order valence-electron chi connectivity index (χ0n) is 11.1. The molecule has 106 valence electrons. The number of halogens is 1. The molecule has 19 heavy (non-hydrogen) atoms. The van der Waals surface area contributed by atoms with Crippen LogP contribution >= 0.6 is 11.6 Å². The van der Waals surface area contributed by atoms with Gasteiger partial charge in [0.15, 0.2) is 11.5 Å². The van der Waals surface area contributed by atoms with E-state index in [0.29, 0.717) is 30.5 Å². The van der Waals surface area contributed by atoms with Gasteiger partial charge in [-0.25, -0.2) is 0 Å². The topological polar surface area (TPSA) is 64.7 Å². The molecule has 0 amide bonds. The molecule has 1 aliphatic rings. The predicted octanol–water partition coefficient (Wildman–Crippen LogP) is 2.17. The molecule has 4 nitrogen and oxygen atoms in total. The lowest BCUT2D eigenvalue weighted by Gasteiger charge is -2.23. The van der Waals surface area contributed by atoms with Crippen molar-refractivity contribution in [2.75, 3.05) is 26.4 Å². The van der Waals surface area contributed by atoms with Crippen LogP contribution in [0.2, 0.25) is 5.02 Å². The fourth-order valence-corrected chi connectivity index (χ4v) is 2.67. The predicted molar refractivity (Wildman–Crippen MR) is 75.1 cm³/mol. The summed E-state index contributed by atoms with van der Waals surface area (Å²) < 4.78 is 11.1. The molecule has 0 aliphatic carbocycles. The molecule has 0 aromatic heterocycles. The highest BCUT2D eigenvalue weighted by Gasteiger charge is 2.20. The van der Waals surface area contributed by atoms with Gasteiger partial charge in [-0.3, -0.25) is 0 Å². The molecule has 3 N–H and O–H groups in total. The van der Waals surface area contributed by atoms with Crippen LogP contribution in [0.25, 0.3) is 0 Å². The Labute approximate surface area is 118 Å². The molecule has 0 spiro atoms. The lowest BCUT2D eigenvalue weighted by atomic mass is 9.90. The van der Waals surface area contributed by atoms with Crippen LogP contribution in [0.15, 0.2) is 12.1 Å². The second-order valence-electron chi connectivity index (χ2n) is 4.94. The molecule has 0 bridgehead atoms. The van der Waals surface area contributed by atoms with Gasteiger partial charge in [0.1, 0.15) is 13.2 Å². The van der Waals surface area contributed by atoms with Gasteiger partial charge in [0.05, 0.1) is 0 Å². The molecule has 5 heteroatoms. The van der Waals surface area contributed by atoms with Crippen molar-refractivity contribution >= 4 is 11.6 Å². The summed E-state index contributed by atoms with van der Waals surface area (Å²) in [5.74, 6) is 1.75. The Morgan fingerprint density at radius 2 is 1.95 bits per heavy atom. The molecule has 2 atom stereocenters. The minimum atomic E-state index is 0.0965. The number of hydrogen-bond acceptors (Lipinski definition) is 4. The maximum atomic E-state index is 9.23. The van der Waals surface area contributed by atoms with E-state index in [1.165, 1.54) is 0 Å². The van der Waals surface area contributed by atoms with E-state index in [1.54, 1.807) is 6.07 Å². The monoisotopic (exact) mass is 285 g/mol. The first-order valence-electron chi connectivity index (χ1n) is 6.55. The summed E-state index contributed by atoms with van der Waals surface area (Å²) in [5.41, 5.74) is 6.63. The molecule has 1 aromatic rings. The highest BCUT2D eigenvalue weighted by Crippen LogP contribution is 2.39. The Bertz CT molecular complexity index is 435. The Morgan fingerprint density at radius 3 is 2.53 bits per heavy atom. The first-order chi connectivity index (χ1) is 9.15. The highest BCUT2D eigenvalue weighted by atomic mass is 35.5. The van der Waals surface area contributed by atoms with Gasteiger partial charge in [-0.2, -0.15) is 0 Å². The number of nitrogens with two attached hydrogens (primary N) is 1. The third kappa shape index (κ3) is 3.32. The van der Waals surface area contributed by atoms with Gasteiger partial charge in [-0.1, -0.05) is 18.5 Å². The van der Waals surface area contributed by atoms with Crippen molar-refractivity contribution < 1.29 is 14.6 Å². The van der Waals surface area contributed by atoms with Gasteiger partial charge >= 0.3 is 0 Å². The standard InChI is InChI=1S/C14H20ClNO3/c1-9(4-10(7-16)8-17)11-5-13-14(6-12(11)15)19-3-2-18-13/h5-6,9-10,17H,2-4,7-8,16H2,1H3. The molecule has 0 saturated carbocycles. The SMILES string of the molecule is CC(CC(CN)CO)c1cc2c(cc1Cl)OCCO2. The zero-order valence-corrected chi connectivity index (χ0v) is 11.8. The van der Waals surface area contributed by atoms with Crippen molar-refractivity contribution in [3.05, 3.63) is 22.7 Å². The quantitative estimate of drug-likeness (QED) is 0.870. The normalized spacial score (nSPS) is 17.1. The zero-order chi connectivity index (χ0) is 13.8. The molecule has 0 saturated heterocycles.